The minimum Gasteiger partial charge on any atom is -0.480 e. The standard InChI is InChI=1S/C13H26N2O5/c1-10(2)9-15(6-8-20-4)13(18)14-11(12(16)17)5-7-19-3/h10-11H,5-9H2,1-4H3,(H,14,18)(H,16,17). The fourth-order valence-electron chi connectivity index (χ4n) is 1.65. The van der Waals surface area contributed by atoms with Gasteiger partial charge in [-0.15, -0.1) is 0 Å². The summed E-state index contributed by atoms with van der Waals surface area (Å²) >= 11 is 0. The van der Waals surface area contributed by atoms with E-state index < -0.39 is 12.0 Å². The van der Waals surface area contributed by atoms with Gasteiger partial charge in [0.2, 0.25) is 0 Å². The highest BCUT2D eigenvalue weighted by molar-refractivity contribution is 5.82. The summed E-state index contributed by atoms with van der Waals surface area (Å²) in [5.74, 6) is -0.772. The first-order valence-corrected chi connectivity index (χ1v) is 6.68. The number of nitrogens with one attached hydrogen (secondary N) is 1. The van der Waals surface area contributed by atoms with Crippen molar-refractivity contribution in [1.29, 1.82) is 0 Å². The third-order valence-electron chi connectivity index (χ3n) is 2.64. The zero-order chi connectivity index (χ0) is 15.5. The summed E-state index contributed by atoms with van der Waals surface area (Å²) in [6, 6.07) is -1.33. The third kappa shape index (κ3) is 7.96. The molecule has 0 heterocycles. The van der Waals surface area contributed by atoms with Crippen LogP contribution in [0.2, 0.25) is 0 Å². The molecule has 0 aromatic carbocycles. The number of hydrogen-bond acceptors (Lipinski definition) is 4. The first-order chi connectivity index (χ1) is 9.42. The number of carboxylic acids is 1. The van der Waals surface area contributed by atoms with Crippen molar-refractivity contribution in [3.8, 4) is 0 Å². The maximum Gasteiger partial charge on any atom is 0.326 e. The zero-order valence-electron chi connectivity index (χ0n) is 12.7. The van der Waals surface area contributed by atoms with Gasteiger partial charge in [0.1, 0.15) is 6.04 Å². The van der Waals surface area contributed by atoms with Crippen LogP contribution in [0.15, 0.2) is 0 Å². The topological polar surface area (TPSA) is 88.1 Å². The van der Waals surface area contributed by atoms with Gasteiger partial charge in [0.05, 0.1) is 6.61 Å². The summed E-state index contributed by atoms with van der Waals surface area (Å²) in [7, 11) is 3.05. The molecule has 0 aliphatic carbocycles. The lowest BCUT2D eigenvalue weighted by Crippen LogP contribution is -2.50. The smallest absolute Gasteiger partial charge is 0.326 e. The molecular weight excluding hydrogens is 264 g/mol. The predicted molar refractivity (Wildman–Crippen MR) is 74.7 cm³/mol. The molecule has 0 aromatic heterocycles. The largest absolute Gasteiger partial charge is 0.480 e. The molecular formula is C13H26N2O5. The summed E-state index contributed by atoms with van der Waals surface area (Å²) in [5, 5.41) is 11.6. The van der Waals surface area contributed by atoms with Crippen molar-refractivity contribution in [1.82, 2.24) is 10.2 Å². The van der Waals surface area contributed by atoms with Gasteiger partial charge in [0, 0.05) is 40.3 Å². The number of methoxy groups -OCH3 is 2. The molecule has 0 saturated carbocycles. The van der Waals surface area contributed by atoms with Gasteiger partial charge >= 0.3 is 12.0 Å². The second-order valence-corrected chi connectivity index (χ2v) is 4.95. The number of urea groups is 1. The van der Waals surface area contributed by atoms with Crippen LogP contribution in [0.25, 0.3) is 0 Å². The molecule has 0 bridgehead atoms. The Morgan fingerprint density at radius 1 is 1.20 bits per heavy atom. The number of nitrogens with zero attached hydrogens (tertiary/aromatic N) is 1. The van der Waals surface area contributed by atoms with Crippen LogP contribution in [0, 0.1) is 5.92 Å². The molecule has 2 amide bonds. The molecule has 2 N–H and O–H groups in total. The molecule has 7 nitrogen and oxygen atoms in total. The quantitative estimate of drug-likeness (QED) is 0.621. The van der Waals surface area contributed by atoms with Gasteiger partial charge in [0.25, 0.3) is 0 Å². The van der Waals surface area contributed by atoms with Gasteiger partial charge in [-0.05, 0) is 5.92 Å². The maximum absolute atomic E-state index is 12.1. The maximum atomic E-state index is 12.1. The lowest BCUT2D eigenvalue weighted by molar-refractivity contribution is -0.139. The van der Waals surface area contributed by atoms with E-state index in [1.165, 1.54) is 7.11 Å². The number of aliphatic carboxylic acids is 1. The number of hydrogen-bond donors (Lipinski definition) is 2. The van der Waals surface area contributed by atoms with Crippen molar-refractivity contribution in [2.45, 2.75) is 26.3 Å². The summed E-state index contributed by atoms with van der Waals surface area (Å²) in [4.78, 5) is 24.8. The fraction of sp³-hybridized carbons (Fsp3) is 0.846. The first kappa shape index (κ1) is 18.7. The van der Waals surface area contributed by atoms with Crippen molar-refractivity contribution in [2.24, 2.45) is 5.92 Å². The number of ether oxygens (including phenoxy) is 2. The van der Waals surface area contributed by atoms with Gasteiger partial charge in [-0.25, -0.2) is 9.59 Å². The van der Waals surface area contributed by atoms with Crippen LogP contribution < -0.4 is 5.32 Å². The molecule has 1 atom stereocenters. The number of amides is 2. The van der Waals surface area contributed by atoms with Crippen LogP contribution in [-0.4, -0.2) is 68.6 Å². The molecule has 0 rings (SSSR count). The third-order valence-corrected chi connectivity index (χ3v) is 2.64. The Morgan fingerprint density at radius 3 is 2.25 bits per heavy atom. The molecule has 118 valence electrons. The lowest BCUT2D eigenvalue weighted by atomic mass is 10.2. The molecule has 7 heteroatoms. The van der Waals surface area contributed by atoms with E-state index in [-0.39, 0.29) is 19.1 Å². The van der Waals surface area contributed by atoms with Gasteiger partial charge in [-0.3, -0.25) is 0 Å². The predicted octanol–water partition coefficient (Wildman–Crippen LogP) is 0.790. The summed E-state index contributed by atoms with van der Waals surface area (Å²) < 4.78 is 9.81. The van der Waals surface area contributed by atoms with Crippen LogP contribution in [0.1, 0.15) is 20.3 Å². The van der Waals surface area contributed by atoms with Crippen molar-refractivity contribution in [3.05, 3.63) is 0 Å². The van der Waals surface area contributed by atoms with Gasteiger partial charge < -0.3 is 24.8 Å². The molecule has 1 unspecified atom stereocenters. The monoisotopic (exact) mass is 290 g/mol. The number of carboxylic acid groups (broad SMARTS) is 1. The SMILES string of the molecule is COCCC(NC(=O)N(CCOC)CC(C)C)C(=O)O. The Labute approximate surface area is 120 Å². The molecule has 0 spiro atoms. The second kappa shape index (κ2) is 10.4. The van der Waals surface area contributed by atoms with Crippen molar-refractivity contribution >= 4 is 12.0 Å². The van der Waals surface area contributed by atoms with Crippen LogP contribution >= 0.6 is 0 Å². The van der Waals surface area contributed by atoms with E-state index in [9.17, 15) is 9.59 Å². The first-order valence-electron chi connectivity index (χ1n) is 6.68. The normalized spacial score (nSPS) is 12.2. The highest BCUT2D eigenvalue weighted by Crippen LogP contribution is 2.02. The Hall–Kier alpha value is -1.34. The second-order valence-electron chi connectivity index (χ2n) is 4.95. The van der Waals surface area contributed by atoms with Crippen molar-refractivity contribution in [3.63, 3.8) is 0 Å². The van der Waals surface area contributed by atoms with E-state index in [0.717, 1.165) is 0 Å². The number of rotatable bonds is 10. The van der Waals surface area contributed by atoms with Crippen molar-refractivity contribution in [2.75, 3.05) is 40.5 Å². The minimum absolute atomic E-state index is 0.234. The van der Waals surface area contributed by atoms with Crippen LogP contribution in [0.3, 0.4) is 0 Å². The van der Waals surface area contributed by atoms with E-state index in [1.54, 1.807) is 12.0 Å². The highest BCUT2D eigenvalue weighted by Gasteiger charge is 2.23. The minimum atomic E-state index is -1.06. The van der Waals surface area contributed by atoms with Gasteiger partial charge in [-0.2, -0.15) is 0 Å². The van der Waals surface area contributed by atoms with Crippen LogP contribution in [-0.2, 0) is 14.3 Å². The fourth-order valence-corrected chi connectivity index (χ4v) is 1.65. The molecule has 0 saturated heterocycles. The van der Waals surface area contributed by atoms with E-state index in [2.05, 4.69) is 5.32 Å². The molecule has 20 heavy (non-hydrogen) atoms. The molecule has 0 radical (unpaired) electrons. The Balaban J connectivity index is 4.55. The van der Waals surface area contributed by atoms with Gasteiger partial charge in [0.15, 0.2) is 0 Å². The van der Waals surface area contributed by atoms with E-state index >= 15 is 0 Å². The average molecular weight is 290 g/mol. The zero-order valence-corrected chi connectivity index (χ0v) is 12.7. The van der Waals surface area contributed by atoms with E-state index in [4.69, 9.17) is 14.6 Å². The average Bonchev–Trinajstić information content (AvgIpc) is 2.38. The molecule has 0 aliphatic heterocycles. The molecule has 0 fully saturated rings. The summed E-state index contributed by atoms with van der Waals surface area (Å²) in [5.41, 5.74) is 0. The van der Waals surface area contributed by atoms with Crippen LogP contribution in [0.5, 0.6) is 0 Å². The molecule has 0 aliphatic rings. The highest BCUT2D eigenvalue weighted by atomic mass is 16.5. The van der Waals surface area contributed by atoms with E-state index in [0.29, 0.717) is 25.6 Å². The Bertz CT molecular complexity index is 296. The Morgan fingerprint density at radius 2 is 1.80 bits per heavy atom. The lowest BCUT2D eigenvalue weighted by Gasteiger charge is -2.26. The molecule has 0 aromatic rings. The number of carbonyl (C=O) groups excluding carboxylic acids is 1. The summed E-state index contributed by atoms with van der Waals surface area (Å²) in [6.07, 6.45) is 0.234. The Kier molecular flexibility index (Phi) is 9.75. The summed E-state index contributed by atoms with van der Waals surface area (Å²) in [6.45, 7) is 5.65. The number of carbonyl (C=O) groups is 2. The van der Waals surface area contributed by atoms with Crippen molar-refractivity contribution < 1.29 is 24.2 Å². The van der Waals surface area contributed by atoms with Gasteiger partial charge in [-0.1, -0.05) is 13.8 Å². The van der Waals surface area contributed by atoms with Crippen LogP contribution in [0.4, 0.5) is 4.79 Å². The van der Waals surface area contributed by atoms with E-state index in [1.807, 2.05) is 13.8 Å².